The van der Waals surface area contributed by atoms with Crippen molar-refractivity contribution in [2.75, 3.05) is 25.0 Å². The van der Waals surface area contributed by atoms with Crippen molar-refractivity contribution in [2.45, 2.75) is 11.8 Å². The zero-order chi connectivity index (χ0) is 19.3. The van der Waals surface area contributed by atoms with Gasteiger partial charge in [-0.25, -0.2) is 8.42 Å². The molecule has 3 rings (SSSR count). The molecule has 0 bridgehead atoms. The Morgan fingerprint density at radius 3 is 2.52 bits per heavy atom. The summed E-state index contributed by atoms with van der Waals surface area (Å²) in [5.41, 5.74) is 1.88. The second-order valence-electron chi connectivity index (χ2n) is 5.69. The molecule has 0 aliphatic rings. The monoisotopic (exact) mass is 389 g/mol. The van der Waals surface area contributed by atoms with Crippen molar-refractivity contribution < 1.29 is 17.9 Å². The lowest BCUT2D eigenvalue weighted by Crippen LogP contribution is -2.13. The van der Waals surface area contributed by atoms with Crippen molar-refractivity contribution in [2.24, 2.45) is 0 Å². The zero-order valence-electron chi connectivity index (χ0n) is 14.8. The summed E-state index contributed by atoms with van der Waals surface area (Å²) in [6, 6.07) is 11.4. The number of sulfonamides is 1. The summed E-state index contributed by atoms with van der Waals surface area (Å²) in [4.78, 5) is 0.154. The van der Waals surface area contributed by atoms with Crippen LogP contribution in [0, 0.1) is 6.92 Å². The molecule has 2 N–H and O–H groups in total. The van der Waals surface area contributed by atoms with Gasteiger partial charge in [-0.1, -0.05) is 0 Å². The van der Waals surface area contributed by atoms with E-state index in [2.05, 4.69) is 25.3 Å². The maximum atomic E-state index is 12.6. The molecule has 10 heteroatoms. The first kappa shape index (κ1) is 18.8. The molecule has 0 saturated heterocycles. The van der Waals surface area contributed by atoms with E-state index < -0.39 is 10.0 Å². The summed E-state index contributed by atoms with van der Waals surface area (Å²) in [6.07, 6.45) is 0. The maximum Gasteiger partial charge on any atom is 0.261 e. The minimum absolute atomic E-state index is 0.154. The van der Waals surface area contributed by atoms with Crippen LogP contribution in [-0.2, 0) is 14.8 Å². The fraction of sp³-hybridized carbons (Fsp3) is 0.235. The number of anilines is 1. The van der Waals surface area contributed by atoms with E-state index in [9.17, 15) is 8.42 Å². The Labute approximate surface area is 156 Å². The van der Waals surface area contributed by atoms with Gasteiger partial charge in [-0.15, -0.1) is 10.2 Å². The summed E-state index contributed by atoms with van der Waals surface area (Å²) in [5, 5.41) is 13.6. The quantitative estimate of drug-likeness (QED) is 0.566. The normalized spacial score (nSPS) is 11.3. The van der Waals surface area contributed by atoms with Crippen molar-refractivity contribution in [3.8, 4) is 17.1 Å². The molecule has 1 aromatic heterocycles. The number of ether oxygens (including phenoxy) is 2. The molecule has 142 valence electrons. The van der Waals surface area contributed by atoms with Crippen LogP contribution >= 0.6 is 0 Å². The van der Waals surface area contributed by atoms with Crippen LogP contribution in [0.3, 0.4) is 0 Å². The fourth-order valence-electron chi connectivity index (χ4n) is 2.37. The number of hydrogen-bond acceptors (Lipinski definition) is 7. The van der Waals surface area contributed by atoms with E-state index in [1.165, 1.54) is 6.07 Å². The zero-order valence-corrected chi connectivity index (χ0v) is 15.7. The average molecular weight is 389 g/mol. The number of rotatable bonds is 8. The molecule has 1 heterocycles. The molecule has 0 spiro atoms. The van der Waals surface area contributed by atoms with Crippen molar-refractivity contribution >= 4 is 15.7 Å². The number of aromatic nitrogens is 4. The van der Waals surface area contributed by atoms with E-state index >= 15 is 0 Å². The SMILES string of the molecule is COCCOc1ccc(S(=O)(=O)Nc2ccc(-c3nn[nH]n3)cc2)cc1C. The van der Waals surface area contributed by atoms with Crippen LogP contribution in [0.25, 0.3) is 11.4 Å². The number of tetrazole rings is 1. The average Bonchev–Trinajstić information content (AvgIpc) is 3.18. The molecule has 3 aromatic rings. The predicted octanol–water partition coefficient (Wildman–Crippen LogP) is 2.00. The van der Waals surface area contributed by atoms with Gasteiger partial charge in [0.1, 0.15) is 12.4 Å². The molecular weight excluding hydrogens is 370 g/mol. The summed E-state index contributed by atoms with van der Waals surface area (Å²) >= 11 is 0. The molecule has 0 aliphatic carbocycles. The van der Waals surface area contributed by atoms with Gasteiger partial charge in [0.25, 0.3) is 10.0 Å². The molecule has 0 aliphatic heterocycles. The third kappa shape index (κ3) is 4.60. The largest absolute Gasteiger partial charge is 0.491 e. The number of nitrogens with zero attached hydrogens (tertiary/aromatic N) is 3. The smallest absolute Gasteiger partial charge is 0.261 e. The molecule has 0 atom stereocenters. The Kier molecular flexibility index (Phi) is 5.67. The topological polar surface area (TPSA) is 119 Å². The molecule has 2 aromatic carbocycles. The first-order chi connectivity index (χ1) is 13.0. The lowest BCUT2D eigenvalue weighted by molar-refractivity contribution is 0.146. The van der Waals surface area contributed by atoms with Crippen LogP contribution in [0.5, 0.6) is 5.75 Å². The molecule has 0 unspecified atom stereocenters. The minimum atomic E-state index is -3.72. The highest BCUT2D eigenvalue weighted by Crippen LogP contribution is 2.24. The number of aryl methyl sites for hydroxylation is 1. The van der Waals surface area contributed by atoms with E-state index in [1.54, 1.807) is 50.4 Å². The van der Waals surface area contributed by atoms with Crippen LogP contribution in [0.2, 0.25) is 0 Å². The second kappa shape index (κ2) is 8.14. The van der Waals surface area contributed by atoms with E-state index in [4.69, 9.17) is 9.47 Å². The second-order valence-corrected chi connectivity index (χ2v) is 7.37. The molecular formula is C17H19N5O4S. The Morgan fingerprint density at radius 1 is 1.11 bits per heavy atom. The van der Waals surface area contributed by atoms with Crippen LogP contribution in [0.4, 0.5) is 5.69 Å². The number of methoxy groups -OCH3 is 1. The van der Waals surface area contributed by atoms with Gasteiger partial charge < -0.3 is 9.47 Å². The third-order valence-electron chi connectivity index (χ3n) is 3.74. The summed E-state index contributed by atoms with van der Waals surface area (Å²) < 4.78 is 38.3. The van der Waals surface area contributed by atoms with Gasteiger partial charge in [0.2, 0.25) is 5.82 Å². The molecule has 27 heavy (non-hydrogen) atoms. The third-order valence-corrected chi connectivity index (χ3v) is 5.12. The first-order valence-electron chi connectivity index (χ1n) is 8.09. The van der Waals surface area contributed by atoms with Gasteiger partial charge in [-0.2, -0.15) is 5.21 Å². The maximum absolute atomic E-state index is 12.6. The molecule has 0 saturated carbocycles. The standard InChI is InChI=1S/C17H19N5O4S/c1-12-11-15(7-8-16(12)26-10-9-25-2)27(23,24)20-14-5-3-13(4-6-14)17-18-21-22-19-17/h3-8,11,20H,9-10H2,1-2H3,(H,18,19,21,22). The van der Waals surface area contributed by atoms with E-state index in [1.807, 2.05) is 0 Å². The van der Waals surface area contributed by atoms with Crippen molar-refractivity contribution in [3.05, 3.63) is 48.0 Å². The number of aromatic amines is 1. The Hall–Kier alpha value is -2.98. The van der Waals surface area contributed by atoms with Crippen LogP contribution in [-0.4, -0.2) is 49.4 Å². The Balaban J connectivity index is 1.73. The highest BCUT2D eigenvalue weighted by Gasteiger charge is 2.16. The number of H-pyrrole nitrogens is 1. The van der Waals surface area contributed by atoms with Gasteiger partial charge >= 0.3 is 0 Å². The van der Waals surface area contributed by atoms with Crippen molar-refractivity contribution in [1.29, 1.82) is 0 Å². The molecule has 0 fully saturated rings. The highest BCUT2D eigenvalue weighted by atomic mass is 32.2. The van der Waals surface area contributed by atoms with Gasteiger partial charge in [0.15, 0.2) is 0 Å². The fourth-order valence-corrected chi connectivity index (χ4v) is 3.51. The van der Waals surface area contributed by atoms with Gasteiger partial charge in [0.05, 0.1) is 11.5 Å². The molecule has 9 nitrogen and oxygen atoms in total. The van der Waals surface area contributed by atoms with Crippen molar-refractivity contribution in [1.82, 2.24) is 20.6 Å². The lowest BCUT2D eigenvalue weighted by Gasteiger charge is -2.12. The van der Waals surface area contributed by atoms with E-state index in [-0.39, 0.29) is 4.90 Å². The molecule has 0 radical (unpaired) electrons. The number of nitrogens with one attached hydrogen (secondary N) is 2. The molecule has 0 amide bonds. The van der Waals surface area contributed by atoms with Crippen molar-refractivity contribution in [3.63, 3.8) is 0 Å². The number of hydrogen-bond donors (Lipinski definition) is 2. The first-order valence-corrected chi connectivity index (χ1v) is 9.57. The van der Waals surface area contributed by atoms with Gasteiger partial charge in [-0.3, -0.25) is 4.72 Å². The highest BCUT2D eigenvalue weighted by molar-refractivity contribution is 7.92. The van der Waals surface area contributed by atoms with Gasteiger partial charge in [0, 0.05) is 18.4 Å². The number of benzene rings is 2. The van der Waals surface area contributed by atoms with E-state index in [0.29, 0.717) is 30.5 Å². The minimum Gasteiger partial charge on any atom is -0.491 e. The predicted molar refractivity (Wildman–Crippen MR) is 99.0 cm³/mol. The Morgan fingerprint density at radius 2 is 1.89 bits per heavy atom. The summed E-state index contributed by atoms with van der Waals surface area (Å²) in [5.74, 6) is 1.06. The summed E-state index contributed by atoms with van der Waals surface area (Å²) in [7, 11) is -2.13. The summed E-state index contributed by atoms with van der Waals surface area (Å²) in [6.45, 7) is 2.65. The van der Waals surface area contributed by atoms with Crippen LogP contribution in [0.1, 0.15) is 5.56 Å². The lowest BCUT2D eigenvalue weighted by atomic mass is 10.2. The van der Waals surface area contributed by atoms with Crippen LogP contribution < -0.4 is 9.46 Å². The Bertz CT molecular complexity index is 989. The van der Waals surface area contributed by atoms with Crippen LogP contribution in [0.15, 0.2) is 47.4 Å². The van der Waals surface area contributed by atoms with Gasteiger partial charge in [-0.05, 0) is 60.2 Å². The van der Waals surface area contributed by atoms with E-state index in [0.717, 1.165) is 11.1 Å².